The first kappa shape index (κ1) is 12.8. The van der Waals surface area contributed by atoms with E-state index in [0.717, 1.165) is 25.9 Å². The maximum atomic E-state index is 5.93. The first-order chi connectivity index (χ1) is 8.19. The van der Waals surface area contributed by atoms with Crippen LogP contribution in [0.2, 0.25) is 0 Å². The number of ether oxygens (including phenoxy) is 1. The average Bonchev–Trinajstić information content (AvgIpc) is 2.74. The van der Waals surface area contributed by atoms with Crippen LogP contribution in [-0.2, 0) is 5.75 Å². The molecule has 2 nitrogen and oxygen atoms in total. The highest BCUT2D eigenvalue weighted by atomic mass is 79.9. The maximum absolute atomic E-state index is 5.93. The number of nitrogen functional groups attached to an aromatic ring is 1. The molecule has 2 rings (SSSR count). The third-order valence-electron chi connectivity index (χ3n) is 2.22. The van der Waals surface area contributed by atoms with Gasteiger partial charge in [0.1, 0.15) is 5.75 Å². The number of hydrogen-bond acceptors (Lipinski definition) is 4. The van der Waals surface area contributed by atoms with Gasteiger partial charge in [-0.15, -0.1) is 23.1 Å². The van der Waals surface area contributed by atoms with Gasteiger partial charge in [0.2, 0.25) is 0 Å². The van der Waals surface area contributed by atoms with Gasteiger partial charge in [-0.2, -0.15) is 0 Å². The van der Waals surface area contributed by atoms with E-state index < -0.39 is 0 Å². The number of anilines is 1. The summed E-state index contributed by atoms with van der Waals surface area (Å²) >= 11 is 6.93. The quantitative estimate of drug-likeness (QED) is 0.667. The van der Waals surface area contributed by atoms with Crippen molar-refractivity contribution in [1.82, 2.24) is 0 Å². The molecule has 17 heavy (non-hydrogen) atoms. The summed E-state index contributed by atoms with van der Waals surface area (Å²) in [5.41, 5.74) is 6.73. The zero-order chi connectivity index (χ0) is 12.3. The van der Waals surface area contributed by atoms with E-state index >= 15 is 0 Å². The van der Waals surface area contributed by atoms with Crippen LogP contribution in [0.4, 0.5) is 5.69 Å². The van der Waals surface area contributed by atoms with Crippen LogP contribution in [0.5, 0.6) is 5.75 Å². The van der Waals surface area contributed by atoms with Crippen molar-refractivity contribution in [2.75, 3.05) is 12.8 Å². The van der Waals surface area contributed by atoms with E-state index in [1.54, 1.807) is 30.2 Å². The van der Waals surface area contributed by atoms with Crippen molar-refractivity contribution in [2.45, 2.75) is 10.6 Å². The Kier molecular flexibility index (Phi) is 4.36. The molecule has 0 aliphatic carbocycles. The Morgan fingerprint density at radius 2 is 2.18 bits per heavy atom. The minimum absolute atomic E-state index is 0.798. The van der Waals surface area contributed by atoms with Gasteiger partial charge in [-0.25, -0.2) is 0 Å². The topological polar surface area (TPSA) is 35.2 Å². The highest BCUT2D eigenvalue weighted by Crippen LogP contribution is 2.33. The van der Waals surface area contributed by atoms with E-state index in [1.165, 1.54) is 4.88 Å². The summed E-state index contributed by atoms with van der Waals surface area (Å²) in [5, 5.41) is 0. The second-order valence-electron chi connectivity index (χ2n) is 3.40. The standard InChI is InChI=1S/C12H12BrNOS2/c1-15-8-2-4-10(14)11(6-8)16-7-9-3-5-12(13)17-9/h2-6H,7,14H2,1H3. The van der Waals surface area contributed by atoms with Crippen LogP contribution in [-0.4, -0.2) is 7.11 Å². The number of halogens is 1. The third kappa shape index (κ3) is 3.40. The molecule has 2 N–H and O–H groups in total. The van der Waals surface area contributed by atoms with Gasteiger partial charge in [0, 0.05) is 21.2 Å². The summed E-state index contributed by atoms with van der Waals surface area (Å²) in [6.45, 7) is 0. The molecule has 1 aromatic heterocycles. The Hall–Kier alpha value is -0.650. The molecule has 0 unspecified atom stereocenters. The van der Waals surface area contributed by atoms with Gasteiger partial charge in [0.15, 0.2) is 0 Å². The van der Waals surface area contributed by atoms with Crippen LogP contribution in [0.15, 0.2) is 39.0 Å². The number of methoxy groups -OCH3 is 1. The molecule has 5 heteroatoms. The van der Waals surface area contributed by atoms with Crippen LogP contribution < -0.4 is 10.5 Å². The van der Waals surface area contributed by atoms with Crippen molar-refractivity contribution in [1.29, 1.82) is 0 Å². The lowest BCUT2D eigenvalue weighted by molar-refractivity contribution is 0.414. The van der Waals surface area contributed by atoms with Crippen LogP contribution in [0.3, 0.4) is 0 Å². The Labute approximate surface area is 117 Å². The molecule has 0 spiro atoms. The lowest BCUT2D eigenvalue weighted by Crippen LogP contribution is -1.90. The number of nitrogens with two attached hydrogens (primary N) is 1. The largest absolute Gasteiger partial charge is 0.497 e. The molecule has 0 saturated heterocycles. The normalized spacial score (nSPS) is 10.5. The Morgan fingerprint density at radius 3 is 2.82 bits per heavy atom. The molecular formula is C12H12BrNOS2. The van der Waals surface area contributed by atoms with E-state index in [4.69, 9.17) is 10.5 Å². The first-order valence-corrected chi connectivity index (χ1v) is 7.59. The molecule has 1 aromatic carbocycles. The molecule has 0 aliphatic rings. The van der Waals surface area contributed by atoms with Gasteiger partial charge in [-0.1, -0.05) is 0 Å². The number of thioether (sulfide) groups is 1. The maximum Gasteiger partial charge on any atom is 0.120 e. The number of hydrogen-bond donors (Lipinski definition) is 1. The monoisotopic (exact) mass is 329 g/mol. The molecule has 1 heterocycles. The van der Waals surface area contributed by atoms with Crippen molar-refractivity contribution >= 4 is 44.7 Å². The van der Waals surface area contributed by atoms with Crippen LogP contribution in [0.1, 0.15) is 4.88 Å². The Morgan fingerprint density at radius 1 is 1.35 bits per heavy atom. The zero-order valence-corrected chi connectivity index (χ0v) is 12.5. The van der Waals surface area contributed by atoms with Crippen molar-refractivity contribution in [3.63, 3.8) is 0 Å². The summed E-state index contributed by atoms with van der Waals surface area (Å²) in [7, 11) is 1.66. The van der Waals surface area contributed by atoms with E-state index in [2.05, 4.69) is 28.1 Å². The van der Waals surface area contributed by atoms with E-state index in [-0.39, 0.29) is 0 Å². The zero-order valence-electron chi connectivity index (χ0n) is 9.27. The van der Waals surface area contributed by atoms with Crippen molar-refractivity contribution in [2.24, 2.45) is 0 Å². The highest BCUT2D eigenvalue weighted by Gasteiger charge is 2.04. The van der Waals surface area contributed by atoms with Gasteiger partial charge in [0.05, 0.1) is 10.9 Å². The Bertz CT molecular complexity index is 513. The molecule has 0 bridgehead atoms. The molecule has 0 radical (unpaired) electrons. The second kappa shape index (κ2) is 5.80. The van der Waals surface area contributed by atoms with E-state index in [0.29, 0.717) is 0 Å². The van der Waals surface area contributed by atoms with Crippen molar-refractivity contribution in [3.05, 3.63) is 39.0 Å². The van der Waals surface area contributed by atoms with Gasteiger partial charge in [0.25, 0.3) is 0 Å². The van der Waals surface area contributed by atoms with Gasteiger partial charge in [-0.05, 0) is 46.3 Å². The fourth-order valence-corrected chi connectivity index (χ4v) is 3.86. The molecule has 0 atom stereocenters. The molecule has 0 amide bonds. The summed E-state index contributed by atoms with van der Waals surface area (Å²) in [6.07, 6.45) is 0. The van der Waals surface area contributed by atoms with Gasteiger partial charge >= 0.3 is 0 Å². The van der Waals surface area contributed by atoms with E-state index in [9.17, 15) is 0 Å². The SMILES string of the molecule is COc1ccc(N)c(SCc2ccc(Br)s2)c1. The molecule has 0 aliphatic heterocycles. The van der Waals surface area contributed by atoms with E-state index in [1.807, 2.05) is 18.2 Å². The molecule has 2 aromatic rings. The van der Waals surface area contributed by atoms with Crippen molar-refractivity contribution in [3.8, 4) is 5.75 Å². The third-order valence-corrected chi connectivity index (χ3v) is 5.15. The van der Waals surface area contributed by atoms with Gasteiger partial charge < -0.3 is 10.5 Å². The van der Waals surface area contributed by atoms with Gasteiger partial charge in [-0.3, -0.25) is 0 Å². The fourth-order valence-electron chi connectivity index (χ4n) is 1.34. The fraction of sp³-hybridized carbons (Fsp3) is 0.167. The van der Waals surface area contributed by atoms with Crippen LogP contribution in [0.25, 0.3) is 0 Å². The van der Waals surface area contributed by atoms with Crippen LogP contribution >= 0.6 is 39.0 Å². The lowest BCUT2D eigenvalue weighted by atomic mass is 10.3. The predicted octanol–water partition coefficient (Wildman–Crippen LogP) is 4.39. The first-order valence-electron chi connectivity index (χ1n) is 4.99. The molecule has 0 saturated carbocycles. The summed E-state index contributed by atoms with van der Waals surface area (Å²) in [5.74, 6) is 1.77. The lowest BCUT2D eigenvalue weighted by Gasteiger charge is -2.07. The van der Waals surface area contributed by atoms with Crippen molar-refractivity contribution < 1.29 is 4.74 Å². The number of thiophene rings is 1. The summed E-state index contributed by atoms with van der Waals surface area (Å²) < 4.78 is 6.35. The number of benzene rings is 1. The molecule has 0 fully saturated rings. The number of rotatable bonds is 4. The minimum Gasteiger partial charge on any atom is -0.497 e. The van der Waals surface area contributed by atoms with Crippen LogP contribution in [0, 0.1) is 0 Å². The summed E-state index contributed by atoms with van der Waals surface area (Å²) in [6, 6.07) is 9.92. The smallest absolute Gasteiger partial charge is 0.120 e. The molecular weight excluding hydrogens is 318 g/mol. The second-order valence-corrected chi connectivity index (χ2v) is 6.96. The average molecular weight is 330 g/mol. The molecule has 90 valence electrons. The Balaban J connectivity index is 2.07. The minimum atomic E-state index is 0.798. The predicted molar refractivity (Wildman–Crippen MR) is 79.0 cm³/mol. The summed E-state index contributed by atoms with van der Waals surface area (Å²) in [4.78, 5) is 2.39. The highest BCUT2D eigenvalue weighted by molar-refractivity contribution is 9.11.